The van der Waals surface area contributed by atoms with E-state index in [1.807, 2.05) is 5.57 Å². The number of hydrogen-bond donors (Lipinski definition) is 0. The van der Waals surface area contributed by atoms with Crippen molar-refractivity contribution in [1.29, 1.82) is 0 Å². The Labute approximate surface area is 94.1 Å². The molecule has 84 valence electrons. The van der Waals surface area contributed by atoms with Crippen molar-refractivity contribution in [2.24, 2.45) is 29.6 Å². The van der Waals surface area contributed by atoms with E-state index >= 15 is 0 Å². The summed E-state index contributed by atoms with van der Waals surface area (Å²) in [6.45, 7) is 4.85. The van der Waals surface area contributed by atoms with Gasteiger partial charge < -0.3 is 0 Å². The summed E-state index contributed by atoms with van der Waals surface area (Å²) in [6, 6.07) is 0. The van der Waals surface area contributed by atoms with E-state index < -0.39 is 0 Å². The minimum absolute atomic E-state index is 0.952. The Balaban J connectivity index is 1.66. The predicted octanol–water partition coefficient (Wildman–Crippen LogP) is 4.42. The highest BCUT2D eigenvalue weighted by Gasteiger charge is 2.53. The molecule has 0 aliphatic heterocycles. The lowest BCUT2D eigenvalue weighted by Crippen LogP contribution is -2.04. The van der Waals surface area contributed by atoms with Gasteiger partial charge in [-0.1, -0.05) is 31.9 Å². The van der Waals surface area contributed by atoms with E-state index in [1.165, 1.54) is 38.5 Å². The lowest BCUT2D eigenvalue weighted by molar-refractivity contribution is 0.368. The van der Waals surface area contributed by atoms with Gasteiger partial charge in [0.05, 0.1) is 0 Å². The Morgan fingerprint density at radius 1 is 1.00 bits per heavy atom. The maximum atomic E-state index is 2.60. The van der Waals surface area contributed by atoms with Crippen LogP contribution in [0.1, 0.15) is 52.4 Å². The van der Waals surface area contributed by atoms with Crippen molar-refractivity contribution in [1.82, 2.24) is 0 Å². The summed E-state index contributed by atoms with van der Waals surface area (Å²) in [5.41, 5.74) is 1.86. The fraction of sp³-hybridized carbons (Fsp3) is 0.867. The van der Waals surface area contributed by atoms with Gasteiger partial charge in [0.15, 0.2) is 0 Å². The summed E-state index contributed by atoms with van der Waals surface area (Å²) in [5.74, 6) is 5.23. The Hall–Kier alpha value is -0.260. The predicted molar refractivity (Wildman–Crippen MR) is 64.6 cm³/mol. The van der Waals surface area contributed by atoms with E-state index in [4.69, 9.17) is 0 Å². The van der Waals surface area contributed by atoms with Crippen molar-refractivity contribution >= 4 is 0 Å². The topological polar surface area (TPSA) is 0 Å². The first-order chi connectivity index (χ1) is 7.25. The summed E-state index contributed by atoms with van der Waals surface area (Å²) in [6.07, 6.45) is 11.4. The zero-order chi connectivity index (χ0) is 10.4. The quantitative estimate of drug-likeness (QED) is 0.555. The lowest BCUT2D eigenvalue weighted by Gasteiger charge is -2.18. The normalized spacial score (nSPS) is 49.5. The maximum absolute atomic E-state index is 2.60. The van der Waals surface area contributed by atoms with Crippen LogP contribution in [-0.2, 0) is 0 Å². The Morgan fingerprint density at radius 3 is 2.53 bits per heavy atom. The largest absolute Gasteiger partial charge is 0.0848 e. The molecule has 0 heteroatoms. The lowest BCUT2D eigenvalue weighted by atomic mass is 9.88. The van der Waals surface area contributed by atoms with E-state index in [0.29, 0.717) is 0 Å². The molecule has 0 aromatic heterocycles. The van der Waals surface area contributed by atoms with Crippen molar-refractivity contribution in [2.45, 2.75) is 52.4 Å². The van der Waals surface area contributed by atoms with Crippen LogP contribution in [0.5, 0.6) is 0 Å². The molecular formula is C15H24. The molecule has 3 aliphatic rings. The van der Waals surface area contributed by atoms with Gasteiger partial charge in [-0.2, -0.15) is 0 Å². The summed E-state index contributed by atoms with van der Waals surface area (Å²) < 4.78 is 0. The number of rotatable bonds is 1. The Bertz CT molecular complexity index is 276. The molecule has 3 aliphatic carbocycles. The molecule has 0 heterocycles. The van der Waals surface area contributed by atoms with Gasteiger partial charge in [-0.25, -0.2) is 0 Å². The third kappa shape index (κ3) is 1.77. The highest BCUT2D eigenvalue weighted by atomic mass is 14.6. The van der Waals surface area contributed by atoms with Gasteiger partial charge in [-0.05, 0) is 61.7 Å². The van der Waals surface area contributed by atoms with Crippen LogP contribution < -0.4 is 0 Å². The molecule has 15 heavy (non-hydrogen) atoms. The molecule has 2 saturated carbocycles. The Kier molecular flexibility index (Phi) is 2.41. The van der Waals surface area contributed by atoms with Crippen LogP contribution >= 0.6 is 0 Å². The first kappa shape index (κ1) is 9.93. The second-order valence-electron chi connectivity index (χ2n) is 6.43. The van der Waals surface area contributed by atoms with Crippen LogP contribution in [-0.4, -0.2) is 0 Å². The fourth-order valence-electron chi connectivity index (χ4n) is 4.06. The second-order valence-corrected chi connectivity index (χ2v) is 6.43. The molecule has 2 fully saturated rings. The first-order valence-corrected chi connectivity index (χ1v) is 6.94. The molecule has 0 aromatic rings. The second kappa shape index (κ2) is 3.64. The third-order valence-corrected chi connectivity index (χ3v) is 5.14. The van der Waals surface area contributed by atoms with Crippen molar-refractivity contribution in [2.75, 3.05) is 0 Å². The van der Waals surface area contributed by atoms with Crippen LogP contribution in [0, 0.1) is 29.6 Å². The first-order valence-electron chi connectivity index (χ1n) is 6.94. The molecule has 0 spiro atoms. The molecule has 0 bridgehead atoms. The van der Waals surface area contributed by atoms with Crippen molar-refractivity contribution in [3.63, 3.8) is 0 Å². The van der Waals surface area contributed by atoms with Crippen molar-refractivity contribution in [3.05, 3.63) is 11.6 Å². The molecule has 5 atom stereocenters. The fourth-order valence-corrected chi connectivity index (χ4v) is 4.06. The molecular weight excluding hydrogens is 180 g/mol. The smallest absolute Gasteiger partial charge is 0.0141 e. The average Bonchev–Trinajstić information content (AvgIpc) is 2.92. The van der Waals surface area contributed by atoms with E-state index in [1.54, 1.807) is 0 Å². The van der Waals surface area contributed by atoms with Crippen LogP contribution in [0.15, 0.2) is 11.6 Å². The van der Waals surface area contributed by atoms with Gasteiger partial charge in [-0.15, -0.1) is 0 Å². The molecule has 0 amide bonds. The van der Waals surface area contributed by atoms with E-state index in [-0.39, 0.29) is 0 Å². The van der Waals surface area contributed by atoms with Crippen molar-refractivity contribution in [3.8, 4) is 0 Å². The number of allylic oxidation sites excluding steroid dienone is 2. The van der Waals surface area contributed by atoms with Gasteiger partial charge in [0.1, 0.15) is 0 Å². The molecule has 5 unspecified atom stereocenters. The number of hydrogen-bond acceptors (Lipinski definition) is 0. The van der Waals surface area contributed by atoms with Crippen LogP contribution in [0.25, 0.3) is 0 Å². The van der Waals surface area contributed by atoms with Gasteiger partial charge >= 0.3 is 0 Å². The van der Waals surface area contributed by atoms with Gasteiger partial charge in [0, 0.05) is 0 Å². The minimum atomic E-state index is 0.952. The average molecular weight is 204 g/mol. The van der Waals surface area contributed by atoms with Crippen LogP contribution in [0.3, 0.4) is 0 Å². The summed E-state index contributed by atoms with van der Waals surface area (Å²) in [7, 11) is 0. The van der Waals surface area contributed by atoms with E-state index in [2.05, 4.69) is 19.9 Å². The SMILES string of the molecule is CC1CC=C(C2C3CCC(C)CC32)CC1. The highest BCUT2D eigenvalue weighted by molar-refractivity contribution is 5.22. The van der Waals surface area contributed by atoms with Crippen molar-refractivity contribution < 1.29 is 0 Å². The molecule has 0 N–H and O–H groups in total. The molecule has 0 saturated heterocycles. The van der Waals surface area contributed by atoms with Gasteiger partial charge in [0.25, 0.3) is 0 Å². The Morgan fingerprint density at radius 2 is 1.87 bits per heavy atom. The summed E-state index contributed by atoms with van der Waals surface area (Å²) in [4.78, 5) is 0. The zero-order valence-electron chi connectivity index (χ0n) is 10.2. The standard InChI is InChI=1S/C15H24/c1-10-3-6-12(7-4-10)15-13-8-5-11(2)9-14(13)15/h6,10-11,13-15H,3-5,7-9H2,1-2H3. The molecule has 0 aromatic carbocycles. The molecule has 3 rings (SSSR count). The number of fused-ring (bicyclic) bond motifs is 1. The maximum Gasteiger partial charge on any atom is -0.0141 e. The third-order valence-electron chi connectivity index (χ3n) is 5.14. The highest BCUT2D eigenvalue weighted by Crippen LogP contribution is 2.61. The summed E-state index contributed by atoms with van der Waals surface area (Å²) >= 11 is 0. The van der Waals surface area contributed by atoms with E-state index in [9.17, 15) is 0 Å². The van der Waals surface area contributed by atoms with Gasteiger partial charge in [-0.3, -0.25) is 0 Å². The molecule has 0 nitrogen and oxygen atoms in total. The monoisotopic (exact) mass is 204 g/mol. The summed E-state index contributed by atoms with van der Waals surface area (Å²) in [5, 5.41) is 0. The molecule has 0 radical (unpaired) electrons. The van der Waals surface area contributed by atoms with Crippen LogP contribution in [0.2, 0.25) is 0 Å². The van der Waals surface area contributed by atoms with Crippen LogP contribution in [0.4, 0.5) is 0 Å². The van der Waals surface area contributed by atoms with Gasteiger partial charge in [0.2, 0.25) is 0 Å². The zero-order valence-corrected chi connectivity index (χ0v) is 10.2. The van der Waals surface area contributed by atoms with E-state index in [0.717, 1.165) is 29.6 Å². The minimum Gasteiger partial charge on any atom is -0.0848 e.